The molecule has 0 saturated heterocycles. The first-order chi connectivity index (χ1) is 28.8. The second kappa shape index (κ2) is 13.0. The summed E-state index contributed by atoms with van der Waals surface area (Å²) in [5, 5.41) is 5.09. The van der Waals surface area contributed by atoms with Crippen molar-refractivity contribution in [3.63, 3.8) is 0 Å². The molecule has 2 nitrogen and oxygen atoms in total. The van der Waals surface area contributed by atoms with E-state index in [9.17, 15) is 0 Å². The van der Waals surface area contributed by atoms with E-state index in [1.165, 1.54) is 75.8 Å². The van der Waals surface area contributed by atoms with Crippen molar-refractivity contribution in [2.75, 3.05) is 0 Å². The highest BCUT2D eigenvalue weighted by Crippen LogP contribution is 2.65. The van der Waals surface area contributed by atoms with Gasteiger partial charge in [-0.1, -0.05) is 212 Å². The highest BCUT2D eigenvalue weighted by Gasteiger charge is 2.51. The van der Waals surface area contributed by atoms with E-state index in [0.717, 1.165) is 28.1 Å². The SMILES string of the molecule is c1ccc(-c2ccc(-c3nc(-c4ccccc4)cc(-c4cccc5c4-c4ccccc4C54c5ccc6ccccc6c5Sc5c4ccc4ccccc54)n3)cc2)cc1. The molecule has 58 heavy (non-hydrogen) atoms. The Kier molecular flexibility index (Phi) is 7.41. The molecular weight excluding hydrogens is 721 g/mol. The van der Waals surface area contributed by atoms with Crippen LogP contribution in [0.5, 0.6) is 0 Å². The first-order valence-corrected chi connectivity index (χ1v) is 20.6. The van der Waals surface area contributed by atoms with Gasteiger partial charge in [0.15, 0.2) is 5.82 Å². The first-order valence-electron chi connectivity index (χ1n) is 19.8. The van der Waals surface area contributed by atoms with E-state index in [-0.39, 0.29) is 0 Å². The van der Waals surface area contributed by atoms with Crippen LogP contribution < -0.4 is 0 Å². The maximum Gasteiger partial charge on any atom is 0.160 e. The number of nitrogens with zero attached hydrogens (tertiary/aromatic N) is 2. The summed E-state index contributed by atoms with van der Waals surface area (Å²) in [6.45, 7) is 0. The van der Waals surface area contributed by atoms with Crippen molar-refractivity contribution in [1.29, 1.82) is 0 Å². The van der Waals surface area contributed by atoms with Crippen LogP contribution in [-0.4, -0.2) is 9.97 Å². The number of fused-ring (bicyclic) bond motifs is 13. The van der Waals surface area contributed by atoms with Gasteiger partial charge in [-0.25, -0.2) is 9.97 Å². The van der Waals surface area contributed by atoms with Gasteiger partial charge in [0.1, 0.15) is 0 Å². The second-order valence-electron chi connectivity index (χ2n) is 15.2. The molecule has 9 aromatic carbocycles. The van der Waals surface area contributed by atoms with E-state index in [1.807, 2.05) is 11.8 Å². The maximum atomic E-state index is 5.44. The molecule has 10 aromatic rings. The molecule has 0 fully saturated rings. The number of rotatable bonds is 4. The topological polar surface area (TPSA) is 25.8 Å². The predicted octanol–water partition coefficient (Wildman–Crippen LogP) is 14.3. The van der Waals surface area contributed by atoms with Gasteiger partial charge in [0.2, 0.25) is 0 Å². The highest BCUT2D eigenvalue weighted by atomic mass is 32.2. The normalized spacial score (nSPS) is 13.2. The summed E-state index contributed by atoms with van der Waals surface area (Å²) in [5.74, 6) is 0.706. The van der Waals surface area contributed by atoms with Crippen LogP contribution in [0.15, 0.2) is 216 Å². The molecule has 0 unspecified atom stereocenters. The molecule has 2 heterocycles. The van der Waals surface area contributed by atoms with Gasteiger partial charge in [-0.05, 0) is 72.1 Å². The van der Waals surface area contributed by atoms with Gasteiger partial charge < -0.3 is 0 Å². The summed E-state index contributed by atoms with van der Waals surface area (Å²) in [5.41, 5.74) is 14.5. The quantitative estimate of drug-likeness (QED) is 0.179. The van der Waals surface area contributed by atoms with Crippen LogP contribution in [-0.2, 0) is 5.41 Å². The van der Waals surface area contributed by atoms with Gasteiger partial charge in [0.25, 0.3) is 0 Å². The minimum Gasteiger partial charge on any atom is -0.228 e. The van der Waals surface area contributed by atoms with Crippen molar-refractivity contribution < 1.29 is 0 Å². The van der Waals surface area contributed by atoms with E-state index in [0.29, 0.717) is 5.82 Å². The van der Waals surface area contributed by atoms with Crippen molar-refractivity contribution in [3.8, 4) is 56.2 Å². The van der Waals surface area contributed by atoms with Crippen molar-refractivity contribution in [3.05, 3.63) is 229 Å². The first kappa shape index (κ1) is 33.1. The smallest absolute Gasteiger partial charge is 0.160 e. The minimum absolute atomic E-state index is 0.544. The zero-order valence-electron chi connectivity index (χ0n) is 31.4. The number of aromatic nitrogens is 2. The Hall–Kier alpha value is -7.07. The maximum absolute atomic E-state index is 5.44. The highest BCUT2D eigenvalue weighted by molar-refractivity contribution is 8.00. The van der Waals surface area contributed by atoms with Gasteiger partial charge in [-0.3, -0.25) is 0 Å². The summed E-state index contributed by atoms with van der Waals surface area (Å²) in [6.07, 6.45) is 0. The third-order valence-electron chi connectivity index (χ3n) is 12.2. The number of benzene rings is 9. The van der Waals surface area contributed by atoms with Crippen molar-refractivity contribution >= 4 is 33.3 Å². The Bertz CT molecular complexity index is 3160. The molecule has 0 bridgehead atoms. The zero-order chi connectivity index (χ0) is 38.2. The Balaban J connectivity index is 1.14. The molecule has 0 saturated carbocycles. The van der Waals surface area contributed by atoms with Crippen LogP contribution in [0.3, 0.4) is 0 Å². The van der Waals surface area contributed by atoms with Gasteiger partial charge >= 0.3 is 0 Å². The molecule has 0 atom stereocenters. The van der Waals surface area contributed by atoms with Crippen molar-refractivity contribution in [1.82, 2.24) is 9.97 Å². The van der Waals surface area contributed by atoms with Crippen LogP contribution >= 0.6 is 11.8 Å². The molecule has 1 aromatic heterocycles. The summed E-state index contributed by atoms with van der Waals surface area (Å²) in [7, 11) is 0. The molecule has 0 radical (unpaired) electrons. The van der Waals surface area contributed by atoms with Crippen LogP contribution in [0.4, 0.5) is 0 Å². The molecular formula is C55H34N2S. The Morgan fingerprint density at radius 1 is 0.345 bits per heavy atom. The summed E-state index contributed by atoms with van der Waals surface area (Å²) >= 11 is 1.93. The average molecular weight is 755 g/mol. The van der Waals surface area contributed by atoms with E-state index in [1.54, 1.807) is 0 Å². The molecule has 1 spiro atoms. The van der Waals surface area contributed by atoms with Crippen LogP contribution in [0.2, 0.25) is 0 Å². The third-order valence-corrected chi connectivity index (χ3v) is 13.4. The van der Waals surface area contributed by atoms with Crippen LogP contribution in [0, 0.1) is 0 Å². The van der Waals surface area contributed by atoms with E-state index < -0.39 is 5.41 Å². The number of hydrogen-bond donors (Lipinski definition) is 0. The van der Waals surface area contributed by atoms with Crippen LogP contribution in [0.1, 0.15) is 22.3 Å². The lowest BCUT2D eigenvalue weighted by Gasteiger charge is -2.40. The molecule has 3 heteroatoms. The summed E-state index contributed by atoms with van der Waals surface area (Å²) in [6, 6.07) is 74.9. The van der Waals surface area contributed by atoms with E-state index in [2.05, 4.69) is 206 Å². The van der Waals surface area contributed by atoms with Crippen molar-refractivity contribution in [2.45, 2.75) is 15.2 Å². The monoisotopic (exact) mass is 754 g/mol. The fraction of sp³-hybridized carbons (Fsp3) is 0.0182. The largest absolute Gasteiger partial charge is 0.228 e. The lowest BCUT2D eigenvalue weighted by molar-refractivity contribution is 0.729. The molecule has 0 N–H and O–H groups in total. The zero-order valence-corrected chi connectivity index (χ0v) is 32.2. The standard InChI is InChI=1S/C55H34N2S/c1-3-14-35(15-4-1)36-26-28-40(29-27-36)54-56-49(39-18-5-2-6-19-39)34-50(57-54)44-23-13-25-46-51(44)43-22-11-12-24-45(43)55(46)47-32-30-37-16-7-9-20-41(37)52(47)58-53-42-21-10-8-17-38(42)31-33-48(53)55/h1-34H. The fourth-order valence-electron chi connectivity index (χ4n) is 9.58. The lowest BCUT2D eigenvalue weighted by Crippen LogP contribution is -2.32. The molecule has 2 aliphatic rings. The average Bonchev–Trinajstić information content (AvgIpc) is 3.60. The Morgan fingerprint density at radius 2 is 0.862 bits per heavy atom. The third kappa shape index (κ3) is 4.87. The molecule has 1 aliphatic carbocycles. The van der Waals surface area contributed by atoms with E-state index >= 15 is 0 Å². The Morgan fingerprint density at radius 3 is 1.55 bits per heavy atom. The van der Waals surface area contributed by atoms with Gasteiger partial charge in [-0.2, -0.15) is 0 Å². The summed E-state index contributed by atoms with van der Waals surface area (Å²) in [4.78, 5) is 13.3. The fourth-order valence-corrected chi connectivity index (χ4v) is 11.0. The molecule has 270 valence electrons. The molecule has 12 rings (SSSR count). The van der Waals surface area contributed by atoms with Crippen molar-refractivity contribution in [2.24, 2.45) is 0 Å². The van der Waals surface area contributed by atoms with Gasteiger partial charge in [-0.15, -0.1) is 0 Å². The molecule has 0 amide bonds. The Labute approximate surface area is 341 Å². The second-order valence-corrected chi connectivity index (χ2v) is 16.2. The van der Waals surface area contributed by atoms with Gasteiger partial charge in [0, 0.05) is 26.5 Å². The number of hydrogen-bond acceptors (Lipinski definition) is 3. The minimum atomic E-state index is -0.544. The van der Waals surface area contributed by atoms with Crippen LogP contribution in [0.25, 0.3) is 77.7 Å². The predicted molar refractivity (Wildman–Crippen MR) is 240 cm³/mol. The summed E-state index contributed by atoms with van der Waals surface area (Å²) < 4.78 is 0. The van der Waals surface area contributed by atoms with E-state index in [4.69, 9.17) is 9.97 Å². The van der Waals surface area contributed by atoms with Gasteiger partial charge in [0.05, 0.1) is 16.8 Å². The molecule has 1 aliphatic heterocycles. The lowest BCUT2D eigenvalue weighted by atomic mass is 9.66.